The lowest BCUT2D eigenvalue weighted by atomic mass is 10.0. The summed E-state index contributed by atoms with van der Waals surface area (Å²) in [5, 5.41) is 6.06. The van der Waals surface area contributed by atoms with E-state index in [0.29, 0.717) is 6.54 Å². The lowest BCUT2D eigenvalue weighted by molar-refractivity contribution is -0.126. The van der Waals surface area contributed by atoms with E-state index < -0.39 is 0 Å². The summed E-state index contributed by atoms with van der Waals surface area (Å²) in [5.74, 6) is 1.20. The monoisotopic (exact) mass is 284 g/mol. The Hall–Kier alpha value is -1.26. The molecular formula is C14H21ClN2O2. The van der Waals surface area contributed by atoms with Crippen LogP contribution in [0.4, 0.5) is 0 Å². The first-order valence-electron chi connectivity index (χ1n) is 6.32. The minimum atomic E-state index is 0. The van der Waals surface area contributed by atoms with Crippen LogP contribution in [0, 0.1) is 12.8 Å². The molecule has 0 atom stereocenters. The van der Waals surface area contributed by atoms with Gasteiger partial charge in [-0.25, -0.2) is 0 Å². The molecule has 2 N–H and O–H groups in total. The highest BCUT2D eigenvalue weighted by molar-refractivity contribution is 5.85. The maximum atomic E-state index is 11.7. The van der Waals surface area contributed by atoms with Crippen molar-refractivity contribution in [3.8, 4) is 5.75 Å². The van der Waals surface area contributed by atoms with Crippen molar-refractivity contribution < 1.29 is 9.53 Å². The summed E-state index contributed by atoms with van der Waals surface area (Å²) in [6, 6.07) is 6.11. The fourth-order valence-electron chi connectivity index (χ4n) is 2.04. The molecule has 1 fully saturated rings. The Morgan fingerprint density at radius 3 is 2.79 bits per heavy atom. The van der Waals surface area contributed by atoms with Crippen LogP contribution in [0.3, 0.4) is 0 Å². The van der Waals surface area contributed by atoms with Gasteiger partial charge in [0.2, 0.25) is 5.91 Å². The number of benzene rings is 1. The van der Waals surface area contributed by atoms with E-state index in [2.05, 4.69) is 23.6 Å². The summed E-state index contributed by atoms with van der Waals surface area (Å²) in [6.07, 6.45) is 0.802. The van der Waals surface area contributed by atoms with Crippen LogP contribution in [0.2, 0.25) is 0 Å². The number of methoxy groups -OCH3 is 1. The van der Waals surface area contributed by atoms with Gasteiger partial charge < -0.3 is 15.4 Å². The lowest BCUT2D eigenvalue weighted by Gasteiger charge is -2.25. The van der Waals surface area contributed by atoms with E-state index in [9.17, 15) is 4.79 Å². The number of aryl methyl sites for hydroxylation is 1. The van der Waals surface area contributed by atoms with Crippen LogP contribution >= 0.6 is 12.4 Å². The molecule has 1 aliphatic rings. The van der Waals surface area contributed by atoms with Gasteiger partial charge in [0, 0.05) is 19.6 Å². The van der Waals surface area contributed by atoms with E-state index in [-0.39, 0.29) is 24.2 Å². The third-order valence-electron chi connectivity index (χ3n) is 3.28. The second-order valence-electron chi connectivity index (χ2n) is 4.71. The highest BCUT2D eigenvalue weighted by atomic mass is 35.5. The molecule has 1 aliphatic heterocycles. The molecule has 0 aliphatic carbocycles. The number of amides is 1. The Bertz CT molecular complexity index is 433. The number of ether oxygens (including phenoxy) is 1. The second-order valence-corrected chi connectivity index (χ2v) is 4.71. The van der Waals surface area contributed by atoms with Crippen molar-refractivity contribution >= 4 is 18.3 Å². The van der Waals surface area contributed by atoms with Gasteiger partial charge in [-0.1, -0.05) is 17.7 Å². The minimum absolute atomic E-state index is 0. The molecule has 0 saturated carbocycles. The Labute approximate surface area is 120 Å². The number of nitrogens with one attached hydrogen (secondary N) is 2. The van der Waals surface area contributed by atoms with Gasteiger partial charge in [0.25, 0.3) is 0 Å². The number of hydrogen-bond donors (Lipinski definition) is 2. The Balaban J connectivity index is 0.00000180. The third kappa shape index (κ3) is 4.11. The maximum absolute atomic E-state index is 11.7. The molecule has 0 aromatic heterocycles. The molecule has 19 heavy (non-hydrogen) atoms. The predicted octanol–water partition coefficient (Wildman–Crippen LogP) is 1.30. The zero-order chi connectivity index (χ0) is 13.0. The summed E-state index contributed by atoms with van der Waals surface area (Å²) in [7, 11) is 1.67. The van der Waals surface area contributed by atoms with Crippen LogP contribution in [0.5, 0.6) is 5.75 Å². The van der Waals surface area contributed by atoms with Crippen LogP contribution in [0.1, 0.15) is 11.1 Å². The van der Waals surface area contributed by atoms with Gasteiger partial charge in [0.15, 0.2) is 0 Å². The zero-order valence-electron chi connectivity index (χ0n) is 11.4. The first-order valence-corrected chi connectivity index (χ1v) is 6.32. The number of hydrogen-bond acceptors (Lipinski definition) is 3. The van der Waals surface area contributed by atoms with Crippen LogP contribution in [0.25, 0.3) is 0 Å². The van der Waals surface area contributed by atoms with E-state index in [1.54, 1.807) is 7.11 Å². The topological polar surface area (TPSA) is 50.4 Å². The average Bonchev–Trinajstić information content (AvgIpc) is 2.27. The summed E-state index contributed by atoms with van der Waals surface area (Å²) < 4.78 is 5.31. The molecule has 1 heterocycles. The maximum Gasteiger partial charge on any atom is 0.225 e. The van der Waals surface area contributed by atoms with Crippen LogP contribution in [-0.2, 0) is 11.2 Å². The van der Waals surface area contributed by atoms with Crippen LogP contribution in [0.15, 0.2) is 18.2 Å². The summed E-state index contributed by atoms with van der Waals surface area (Å²) >= 11 is 0. The summed E-state index contributed by atoms with van der Waals surface area (Å²) in [6.45, 7) is 4.33. The van der Waals surface area contributed by atoms with Crippen molar-refractivity contribution in [2.45, 2.75) is 13.3 Å². The van der Waals surface area contributed by atoms with E-state index in [1.807, 2.05) is 12.1 Å². The molecule has 0 radical (unpaired) electrons. The summed E-state index contributed by atoms with van der Waals surface area (Å²) in [4.78, 5) is 11.7. The predicted molar refractivity (Wildman–Crippen MR) is 78.1 cm³/mol. The fraction of sp³-hybridized carbons (Fsp3) is 0.500. The first-order chi connectivity index (χ1) is 8.70. The van der Waals surface area contributed by atoms with Crippen molar-refractivity contribution in [1.29, 1.82) is 0 Å². The largest absolute Gasteiger partial charge is 0.496 e. The van der Waals surface area contributed by atoms with Gasteiger partial charge in [0.05, 0.1) is 13.0 Å². The highest BCUT2D eigenvalue weighted by Gasteiger charge is 2.24. The van der Waals surface area contributed by atoms with Gasteiger partial charge in [-0.05, 0) is 25.0 Å². The first kappa shape index (κ1) is 15.8. The third-order valence-corrected chi connectivity index (χ3v) is 3.28. The Morgan fingerprint density at radius 1 is 1.47 bits per heavy atom. The lowest BCUT2D eigenvalue weighted by Crippen LogP contribution is -2.51. The van der Waals surface area contributed by atoms with Crippen molar-refractivity contribution in [2.75, 3.05) is 26.7 Å². The molecule has 0 bridgehead atoms. The van der Waals surface area contributed by atoms with Crippen molar-refractivity contribution in [3.63, 3.8) is 0 Å². The van der Waals surface area contributed by atoms with Gasteiger partial charge >= 0.3 is 0 Å². The SMILES string of the molecule is COc1ccc(C)cc1CCNC(=O)C1CNC1.Cl. The number of carbonyl (C=O) groups is 1. The minimum Gasteiger partial charge on any atom is -0.496 e. The van der Waals surface area contributed by atoms with E-state index >= 15 is 0 Å². The van der Waals surface area contributed by atoms with Crippen molar-refractivity contribution in [3.05, 3.63) is 29.3 Å². The molecule has 4 nitrogen and oxygen atoms in total. The highest BCUT2D eigenvalue weighted by Crippen LogP contribution is 2.19. The molecule has 2 rings (SSSR count). The Kier molecular flexibility index (Phi) is 6.12. The summed E-state index contributed by atoms with van der Waals surface area (Å²) in [5.41, 5.74) is 2.35. The van der Waals surface area contributed by atoms with E-state index in [4.69, 9.17) is 4.74 Å². The molecule has 1 amide bonds. The van der Waals surface area contributed by atoms with E-state index in [0.717, 1.165) is 30.8 Å². The van der Waals surface area contributed by atoms with Crippen molar-refractivity contribution in [1.82, 2.24) is 10.6 Å². The van der Waals surface area contributed by atoms with E-state index in [1.165, 1.54) is 5.56 Å². The Morgan fingerprint density at radius 2 is 2.21 bits per heavy atom. The van der Waals surface area contributed by atoms with Gasteiger partial charge in [-0.3, -0.25) is 4.79 Å². The van der Waals surface area contributed by atoms with Crippen LogP contribution < -0.4 is 15.4 Å². The van der Waals surface area contributed by atoms with Gasteiger partial charge in [-0.15, -0.1) is 12.4 Å². The number of halogens is 1. The number of rotatable bonds is 5. The molecule has 1 aromatic carbocycles. The van der Waals surface area contributed by atoms with Gasteiger partial charge in [0.1, 0.15) is 5.75 Å². The van der Waals surface area contributed by atoms with Gasteiger partial charge in [-0.2, -0.15) is 0 Å². The number of carbonyl (C=O) groups excluding carboxylic acids is 1. The average molecular weight is 285 g/mol. The molecule has 1 saturated heterocycles. The molecule has 0 spiro atoms. The molecule has 5 heteroatoms. The standard InChI is InChI=1S/C14H20N2O2.ClH/c1-10-3-4-13(18-2)11(7-10)5-6-16-14(17)12-8-15-9-12;/h3-4,7,12,15H,5-6,8-9H2,1-2H3,(H,16,17);1H. The molecule has 0 unspecified atom stereocenters. The zero-order valence-corrected chi connectivity index (χ0v) is 12.2. The molecule has 106 valence electrons. The molecule has 1 aromatic rings. The smallest absolute Gasteiger partial charge is 0.225 e. The quantitative estimate of drug-likeness (QED) is 0.857. The normalized spacial score (nSPS) is 14.2. The van der Waals surface area contributed by atoms with Crippen LogP contribution in [-0.4, -0.2) is 32.7 Å². The second kappa shape index (κ2) is 7.36. The fourth-order valence-corrected chi connectivity index (χ4v) is 2.04. The molecular weight excluding hydrogens is 264 g/mol. The van der Waals surface area contributed by atoms with Crippen molar-refractivity contribution in [2.24, 2.45) is 5.92 Å².